The zero-order valence-corrected chi connectivity index (χ0v) is 12.5. The van der Waals surface area contributed by atoms with Gasteiger partial charge in [0.25, 0.3) is 0 Å². The van der Waals surface area contributed by atoms with E-state index < -0.39 is 5.97 Å². The van der Waals surface area contributed by atoms with Crippen LogP contribution in [0.1, 0.15) is 50.2 Å². The summed E-state index contributed by atoms with van der Waals surface area (Å²) in [6, 6.07) is 8.82. The van der Waals surface area contributed by atoms with Crippen molar-refractivity contribution in [2.75, 3.05) is 13.1 Å². The van der Waals surface area contributed by atoms with Crippen LogP contribution in [0.2, 0.25) is 0 Å². The minimum Gasteiger partial charge on any atom is -0.481 e. The Morgan fingerprint density at radius 2 is 2.05 bits per heavy atom. The van der Waals surface area contributed by atoms with Gasteiger partial charge in [-0.1, -0.05) is 38.1 Å². The summed E-state index contributed by atoms with van der Waals surface area (Å²) in [7, 11) is 0. The van der Waals surface area contributed by atoms with E-state index in [1.54, 1.807) is 0 Å². The predicted octanol–water partition coefficient (Wildman–Crippen LogP) is 3.50. The van der Waals surface area contributed by atoms with E-state index in [1.165, 1.54) is 11.1 Å². The van der Waals surface area contributed by atoms with E-state index >= 15 is 0 Å². The molecule has 1 unspecified atom stereocenters. The number of carboxylic acid groups (broad SMARTS) is 1. The smallest absolute Gasteiger partial charge is 0.303 e. The Morgan fingerprint density at radius 3 is 2.65 bits per heavy atom. The zero-order chi connectivity index (χ0) is 14.5. The highest BCUT2D eigenvalue weighted by Crippen LogP contribution is 2.22. The van der Waals surface area contributed by atoms with Crippen molar-refractivity contribution in [3.63, 3.8) is 0 Å². The molecule has 1 aromatic carbocycles. The molecule has 0 radical (unpaired) electrons. The molecule has 0 aromatic heterocycles. The zero-order valence-electron chi connectivity index (χ0n) is 12.5. The van der Waals surface area contributed by atoms with Crippen molar-refractivity contribution < 1.29 is 9.90 Å². The van der Waals surface area contributed by atoms with Crippen molar-refractivity contribution in [1.82, 2.24) is 4.90 Å². The lowest BCUT2D eigenvalue weighted by atomic mass is 9.94. The quantitative estimate of drug-likeness (QED) is 0.894. The van der Waals surface area contributed by atoms with Crippen molar-refractivity contribution in [2.24, 2.45) is 5.92 Å². The van der Waals surface area contributed by atoms with Crippen LogP contribution in [0.3, 0.4) is 0 Å². The summed E-state index contributed by atoms with van der Waals surface area (Å²) in [6.45, 7) is 7.35. The molecule has 1 aliphatic heterocycles. The van der Waals surface area contributed by atoms with Gasteiger partial charge < -0.3 is 5.11 Å². The van der Waals surface area contributed by atoms with E-state index in [0.717, 1.165) is 32.5 Å². The van der Waals surface area contributed by atoms with Gasteiger partial charge in [-0.05, 0) is 42.3 Å². The summed E-state index contributed by atoms with van der Waals surface area (Å²) in [6.07, 6.45) is 2.47. The van der Waals surface area contributed by atoms with Crippen LogP contribution < -0.4 is 0 Å². The van der Waals surface area contributed by atoms with Gasteiger partial charge >= 0.3 is 5.97 Å². The number of benzene rings is 1. The molecule has 1 aliphatic rings. The minimum absolute atomic E-state index is 0.308. The molecule has 110 valence electrons. The maximum absolute atomic E-state index is 10.8. The third-order valence-corrected chi connectivity index (χ3v) is 4.12. The Labute approximate surface area is 121 Å². The number of hydrogen-bond acceptors (Lipinski definition) is 2. The molecule has 1 fully saturated rings. The molecular formula is C17H25NO2. The first kappa shape index (κ1) is 15.0. The molecule has 0 amide bonds. The van der Waals surface area contributed by atoms with Crippen LogP contribution in [0.4, 0.5) is 0 Å². The molecule has 1 saturated heterocycles. The van der Waals surface area contributed by atoms with Gasteiger partial charge in [0.1, 0.15) is 0 Å². The molecule has 3 heteroatoms. The number of hydrogen-bond donors (Lipinski definition) is 1. The van der Waals surface area contributed by atoms with Gasteiger partial charge in [0.2, 0.25) is 0 Å². The van der Waals surface area contributed by atoms with E-state index in [1.807, 2.05) is 0 Å². The van der Waals surface area contributed by atoms with Crippen LogP contribution in [0.25, 0.3) is 0 Å². The molecule has 1 atom stereocenters. The SMILES string of the molecule is CC(C)c1ccc(CN2CCCC(CC(=O)O)C2)cc1. The van der Waals surface area contributed by atoms with Crippen molar-refractivity contribution in [3.05, 3.63) is 35.4 Å². The average Bonchev–Trinajstić information content (AvgIpc) is 2.39. The van der Waals surface area contributed by atoms with Gasteiger partial charge in [0.05, 0.1) is 0 Å². The van der Waals surface area contributed by atoms with Gasteiger partial charge in [-0.25, -0.2) is 0 Å². The van der Waals surface area contributed by atoms with Gasteiger partial charge in [-0.15, -0.1) is 0 Å². The molecule has 1 aromatic rings. The van der Waals surface area contributed by atoms with Crippen molar-refractivity contribution >= 4 is 5.97 Å². The summed E-state index contributed by atoms with van der Waals surface area (Å²) in [5, 5.41) is 8.91. The number of nitrogens with zero attached hydrogens (tertiary/aromatic N) is 1. The minimum atomic E-state index is -0.668. The van der Waals surface area contributed by atoms with Crippen LogP contribution in [0.5, 0.6) is 0 Å². The van der Waals surface area contributed by atoms with Crippen LogP contribution in [0.15, 0.2) is 24.3 Å². The molecule has 2 rings (SSSR count). The number of likely N-dealkylation sites (tertiary alicyclic amines) is 1. The largest absolute Gasteiger partial charge is 0.481 e. The molecule has 0 spiro atoms. The first-order valence-electron chi connectivity index (χ1n) is 7.57. The maximum Gasteiger partial charge on any atom is 0.303 e. The van der Waals surface area contributed by atoms with E-state index in [0.29, 0.717) is 18.3 Å². The van der Waals surface area contributed by atoms with Crippen LogP contribution in [-0.2, 0) is 11.3 Å². The summed E-state index contributed by atoms with van der Waals surface area (Å²) in [5.74, 6) is 0.216. The lowest BCUT2D eigenvalue weighted by Crippen LogP contribution is -2.35. The summed E-state index contributed by atoms with van der Waals surface area (Å²) < 4.78 is 0. The third kappa shape index (κ3) is 4.34. The van der Waals surface area contributed by atoms with Gasteiger partial charge in [-0.3, -0.25) is 9.69 Å². The fraction of sp³-hybridized carbons (Fsp3) is 0.588. The summed E-state index contributed by atoms with van der Waals surface area (Å²) >= 11 is 0. The van der Waals surface area contributed by atoms with Crippen LogP contribution in [-0.4, -0.2) is 29.1 Å². The molecule has 0 aliphatic carbocycles. The second kappa shape index (κ2) is 6.89. The third-order valence-electron chi connectivity index (χ3n) is 4.12. The standard InChI is InChI=1S/C17H25NO2/c1-13(2)16-7-5-14(6-8-16)11-18-9-3-4-15(12-18)10-17(19)20/h5-8,13,15H,3-4,9-12H2,1-2H3,(H,19,20). The lowest BCUT2D eigenvalue weighted by molar-refractivity contribution is -0.138. The van der Waals surface area contributed by atoms with Crippen LogP contribution in [0, 0.1) is 5.92 Å². The Bertz CT molecular complexity index is 439. The van der Waals surface area contributed by atoms with E-state index in [9.17, 15) is 4.79 Å². The highest BCUT2D eigenvalue weighted by Gasteiger charge is 2.21. The van der Waals surface area contributed by atoms with Gasteiger partial charge in [0, 0.05) is 19.5 Å². The Kier molecular flexibility index (Phi) is 5.18. The lowest BCUT2D eigenvalue weighted by Gasteiger charge is -2.32. The van der Waals surface area contributed by atoms with E-state index in [-0.39, 0.29) is 0 Å². The fourth-order valence-electron chi connectivity index (χ4n) is 2.97. The highest BCUT2D eigenvalue weighted by atomic mass is 16.4. The molecular weight excluding hydrogens is 250 g/mol. The first-order valence-corrected chi connectivity index (χ1v) is 7.57. The summed E-state index contributed by atoms with van der Waals surface area (Å²) in [5.41, 5.74) is 2.70. The predicted molar refractivity (Wildman–Crippen MR) is 80.8 cm³/mol. The Balaban J connectivity index is 1.90. The summed E-state index contributed by atoms with van der Waals surface area (Å²) in [4.78, 5) is 13.2. The maximum atomic E-state index is 10.8. The van der Waals surface area contributed by atoms with Crippen molar-refractivity contribution in [2.45, 2.75) is 45.6 Å². The molecule has 0 saturated carbocycles. The molecule has 3 nitrogen and oxygen atoms in total. The first-order chi connectivity index (χ1) is 9.54. The Hall–Kier alpha value is -1.35. The number of carboxylic acids is 1. The second-order valence-corrected chi connectivity index (χ2v) is 6.24. The average molecular weight is 275 g/mol. The van der Waals surface area contributed by atoms with Crippen LogP contribution >= 0.6 is 0 Å². The fourth-order valence-corrected chi connectivity index (χ4v) is 2.97. The van der Waals surface area contributed by atoms with E-state index in [4.69, 9.17) is 5.11 Å². The van der Waals surface area contributed by atoms with E-state index in [2.05, 4.69) is 43.0 Å². The van der Waals surface area contributed by atoms with Gasteiger partial charge in [-0.2, -0.15) is 0 Å². The number of carbonyl (C=O) groups is 1. The molecule has 0 bridgehead atoms. The Morgan fingerprint density at radius 1 is 1.35 bits per heavy atom. The van der Waals surface area contributed by atoms with Crippen molar-refractivity contribution in [3.8, 4) is 0 Å². The number of piperidine rings is 1. The highest BCUT2D eigenvalue weighted by molar-refractivity contribution is 5.67. The molecule has 20 heavy (non-hydrogen) atoms. The van der Waals surface area contributed by atoms with Gasteiger partial charge in [0.15, 0.2) is 0 Å². The molecule has 1 heterocycles. The molecule has 1 N–H and O–H groups in total. The monoisotopic (exact) mass is 275 g/mol. The normalized spacial score (nSPS) is 20.2. The number of aliphatic carboxylic acids is 1. The van der Waals surface area contributed by atoms with Crippen molar-refractivity contribution in [1.29, 1.82) is 0 Å². The second-order valence-electron chi connectivity index (χ2n) is 6.24. The number of rotatable bonds is 5. The topological polar surface area (TPSA) is 40.5 Å².